The second-order valence-corrected chi connectivity index (χ2v) is 6.27. The van der Waals surface area contributed by atoms with E-state index >= 15 is 0 Å². The summed E-state index contributed by atoms with van der Waals surface area (Å²) in [5.74, 6) is 0.851. The maximum absolute atomic E-state index is 12.0. The first-order valence-corrected chi connectivity index (χ1v) is 8.44. The Morgan fingerprint density at radius 3 is 2.42 bits per heavy atom. The quantitative estimate of drug-likeness (QED) is 0.536. The highest BCUT2D eigenvalue weighted by Gasteiger charge is 2.17. The summed E-state index contributed by atoms with van der Waals surface area (Å²) in [6.07, 6.45) is 6.07. The number of aromatic hydroxyl groups is 1. The van der Waals surface area contributed by atoms with Crippen LogP contribution in [0.15, 0.2) is 24.3 Å². The van der Waals surface area contributed by atoms with E-state index in [1.165, 1.54) is 25.9 Å². The first-order chi connectivity index (χ1) is 10.7. The van der Waals surface area contributed by atoms with Gasteiger partial charge < -0.3 is 15.7 Å². The Morgan fingerprint density at radius 1 is 1.12 bits per heavy atom. The number of phenols is 1. The van der Waals surface area contributed by atoms with E-state index in [0.29, 0.717) is 17.9 Å². The largest absolute Gasteiger partial charge is 0.507 e. The first-order valence-electron chi connectivity index (χ1n) is 8.44. The first kappa shape index (κ1) is 23.2. The standard InChI is InChI=1S/C18H28N2O2.2ClH/c19-14-15-9-12-20(13-10-15)11-5-1-2-7-17(21)16-6-3-4-8-18(16)22;;/h3-4,6,8,15,22H,1-2,5,7,9-14,19H2;2*1H. The summed E-state index contributed by atoms with van der Waals surface area (Å²) in [5.41, 5.74) is 6.16. The molecule has 1 aliphatic rings. The minimum atomic E-state index is 0. The molecule has 0 atom stereocenters. The average Bonchev–Trinajstić information content (AvgIpc) is 2.55. The molecule has 3 N–H and O–H groups in total. The molecule has 2 rings (SSSR count). The molecule has 0 spiro atoms. The molecule has 1 fully saturated rings. The fraction of sp³-hybridized carbons (Fsp3) is 0.611. The van der Waals surface area contributed by atoms with Crippen molar-refractivity contribution in [3.8, 4) is 5.75 Å². The van der Waals surface area contributed by atoms with Crippen molar-refractivity contribution in [1.82, 2.24) is 4.90 Å². The van der Waals surface area contributed by atoms with Crippen LogP contribution in [0.25, 0.3) is 0 Å². The Balaban J connectivity index is 0.00000264. The van der Waals surface area contributed by atoms with E-state index in [4.69, 9.17) is 5.73 Å². The number of Topliss-reactive ketones (excluding diaryl/α,β-unsaturated/α-hetero) is 1. The van der Waals surface area contributed by atoms with Gasteiger partial charge in [-0.25, -0.2) is 0 Å². The van der Waals surface area contributed by atoms with Crippen LogP contribution in [0.1, 0.15) is 48.9 Å². The fourth-order valence-electron chi connectivity index (χ4n) is 3.09. The summed E-state index contributed by atoms with van der Waals surface area (Å²) in [4.78, 5) is 14.5. The van der Waals surface area contributed by atoms with Crippen LogP contribution in [0.2, 0.25) is 0 Å². The summed E-state index contributed by atoms with van der Waals surface area (Å²) >= 11 is 0. The number of benzene rings is 1. The molecule has 0 amide bonds. The predicted molar refractivity (Wildman–Crippen MR) is 104 cm³/mol. The van der Waals surface area contributed by atoms with E-state index < -0.39 is 0 Å². The number of hydrogen-bond acceptors (Lipinski definition) is 4. The topological polar surface area (TPSA) is 66.6 Å². The molecule has 1 aliphatic heterocycles. The summed E-state index contributed by atoms with van der Waals surface area (Å²) in [7, 11) is 0. The van der Waals surface area contributed by atoms with Gasteiger partial charge in [0.25, 0.3) is 0 Å². The molecule has 1 heterocycles. The molecule has 0 aromatic heterocycles. The van der Waals surface area contributed by atoms with Crippen molar-refractivity contribution < 1.29 is 9.90 Å². The van der Waals surface area contributed by atoms with Crippen molar-refractivity contribution in [3.63, 3.8) is 0 Å². The number of piperidine rings is 1. The third-order valence-corrected chi connectivity index (χ3v) is 4.62. The SMILES string of the molecule is Cl.Cl.NCC1CCN(CCCCCC(=O)c2ccccc2O)CC1. The van der Waals surface area contributed by atoms with Gasteiger partial charge in [-0.15, -0.1) is 24.8 Å². The van der Waals surface area contributed by atoms with E-state index in [1.807, 2.05) is 0 Å². The molecule has 0 bridgehead atoms. The highest BCUT2D eigenvalue weighted by atomic mass is 35.5. The van der Waals surface area contributed by atoms with Crippen molar-refractivity contribution in [2.75, 3.05) is 26.2 Å². The molecule has 0 unspecified atom stereocenters. The van der Waals surface area contributed by atoms with Crippen LogP contribution >= 0.6 is 24.8 Å². The minimum Gasteiger partial charge on any atom is -0.507 e. The summed E-state index contributed by atoms with van der Waals surface area (Å²) < 4.78 is 0. The van der Waals surface area contributed by atoms with E-state index in [-0.39, 0.29) is 36.3 Å². The number of halogens is 2. The summed E-state index contributed by atoms with van der Waals surface area (Å²) in [5, 5.41) is 9.66. The van der Waals surface area contributed by atoms with Gasteiger partial charge in [0.15, 0.2) is 5.78 Å². The van der Waals surface area contributed by atoms with E-state index in [9.17, 15) is 9.90 Å². The van der Waals surface area contributed by atoms with Gasteiger partial charge in [-0.05, 0) is 69.9 Å². The Bertz CT molecular complexity index is 478. The molecular weight excluding hydrogens is 347 g/mol. The molecule has 6 heteroatoms. The number of unbranched alkanes of at least 4 members (excludes halogenated alkanes) is 2. The maximum Gasteiger partial charge on any atom is 0.166 e. The molecule has 1 aromatic rings. The van der Waals surface area contributed by atoms with Crippen LogP contribution in [0, 0.1) is 5.92 Å². The van der Waals surface area contributed by atoms with Gasteiger partial charge in [0, 0.05) is 6.42 Å². The smallest absolute Gasteiger partial charge is 0.166 e. The third-order valence-electron chi connectivity index (χ3n) is 4.62. The van der Waals surface area contributed by atoms with Crippen LogP contribution in [-0.4, -0.2) is 42.0 Å². The zero-order chi connectivity index (χ0) is 15.8. The number of para-hydroxylation sites is 1. The lowest BCUT2D eigenvalue weighted by Gasteiger charge is -2.31. The summed E-state index contributed by atoms with van der Waals surface area (Å²) in [6.45, 7) is 4.28. The van der Waals surface area contributed by atoms with Gasteiger partial charge in [-0.1, -0.05) is 18.6 Å². The Morgan fingerprint density at radius 2 is 1.79 bits per heavy atom. The molecule has 1 aromatic carbocycles. The fourth-order valence-corrected chi connectivity index (χ4v) is 3.09. The second kappa shape index (κ2) is 12.5. The van der Waals surface area contributed by atoms with Gasteiger partial charge >= 0.3 is 0 Å². The van der Waals surface area contributed by atoms with Crippen LogP contribution in [0.5, 0.6) is 5.75 Å². The minimum absolute atomic E-state index is 0. The van der Waals surface area contributed by atoms with Gasteiger partial charge in [0.05, 0.1) is 5.56 Å². The van der Waals surface area contributed by atoms with Crippen LogP contribution in [0.4, 0.5) is 0 Å². The van der Waals surface area contributed by atoms with Crippen molar-refractivity contribution >= 4 is 30.6 Å². The molecule has 0 saturated carbocycles. The van der Waals surface area contributed by atoms with Gasteiger partial charge in [0.2, 0.25) is 0 Å². The highest BCUT2D eigenvalue weighted by Crippen LogP contribution is 2.19. The van der Waals surface area contributed by atoms with Gasteiger partial charge in [-0.2, -0.15) is 0 Å². The normalized spacial score (nSPS) is 15.4. The zero-order valence-corrected chi connectivity index (χ0v) is 15.8. The van der Waals surface area contributed by atoms with Crippen molar-refractivity contribution in [1.29, 1.82) is 0 Å². The Hall–Kier alpha value is -0.810. The number of rotatable bonds is 8. The van der Waals surface area contributed by atoms with E-state index in [2.05, 4.69) is 4.90 Å². The molecular formula is C18H30Cl2N2O2. The van der Waals surface area contributed by atoms with E-state index in [0.717, 1.165) is 32.4 Å². The number of likely N-dealkylation sites (tertiary alicyclic amines) is 1. The number of nitrogens with zero attached hydrogens (tertiary/aromatic N) is 1. The van der Waals surface area contributed by atoms with Gasteiger partial charge in [0.1, 0.15) is 5.75 Å². The zero-order valence-electron chi connectivity index (χ0n) is 14.2. The molecule has 4 nitrogen and oxygen atoms in total. The van der Waals surface area contributed by atoms with Crippen LogP contribution in [-0.2, 0) is 0 Å². The number of nitrogens with two attached hydrogens (primary N) is 1. The van der Waals surface area contributed by atoms with Crippen LogP contribution < -0.4 is 5.73 Å². The Labute approximate surface area is 157 Å². The molecule has 0 aliphatic carbocycles. The lowest BCUT2D eigenvalue weighted by molar-refractivity contribution is 0.0976. The van der Waals surface area contributed by atoms with Crippen molar-refractivity contribution in [2.45, 2.75) is 38.5 Å². The number of carbonyl (C=O) groups is 1. The number of hydrogen-bond donors (Lipinski definition) is 2. The number of ketones is 1. The van der Waals surface area contributed by atoms with Crippen LogP contribution in [0.3, 0.4) is 0 Å². The number of phenolic OH excluding ortho intramolecular Hbond substituents is 1. The van der Waals surface area contributed by atoms with E-state index in [1.54, 1.807) is 24.3 Å². The Kier molecular flexibility index (Phi) is 12.1. The lowest BCUT2D eigenvalue weighted by Crippen LogP contribution is -2.36. The third kappa shape index (κ3) is 7.39. The summed E-state index contributed by atoms with van der Waals surface area (Å²) in [6, 6.07) is 6.79. The van der Waals surface area contributed by atoms with Gasteiger partial charge in [-0.3, -0.25) is 4.79 Å². The monoisotopic (exact) mass is 376 g/mol. The molecule has 138 valence electrons. The maximum atomic E-state index is 12.0. The van der Waals surface area contributed by atoms with Crippen molar-refractivity contribution in [3.05, 3.63) is 29.8 Å². The highest BCUT2D eigenvalue weighted by molar-refractivity contribution is 5.98. The molecule has 1 saturated heterocycles. The average molecular weight is 377 g/mol. The molecule has 0 radical (unpaired) electrons. The lowest BCUT2D eigenvalue weighted by atomic mass is 9.97. The number of carbonyl (C=O) groups excluding carboxylic acids is 1. The molecule has 24 heavy (non-hydrogen) atoms. The second-order valence-electron chi connectivity index (χ2n) is 6.27. The van der Waals surface area contributed by atoms with Crippen molar-refractivity contribution in [2.24, 2.45) is 11.7 Å². The predicted octanol–water partition coefficient (Wildman–Crippen LogP) is 3.65.